The Kier molecular flexibility index (Phi) is 7.19. The topological polar surface area (TPSA) is 99.5 Å². The van der Waals surface area contributed by atoms with Gasteiger partial charge < -0.3 is 25.2 Å². The Morgan fingerprint density at radius 2 is 1.79 bits per heavy atom. The summed E-state index contributed by atoms with van der Waals surface area (Å²) < 4.78 is 2.02. The van der Waals surface area contributed by atoms with Gasteiger partial charge in [-0.05, 0) is 79.8 Å². The highest BCUT2D eigenvalue weighted by molar-refractivity contribution is 7.80. The first-order chi connectivity index (χ1) is 18.4. The number of pyridine rings is 1. The van der Waals surface area contributed by atoms with Gasteiger partial charge in [0.1, 0.15) is 0 Å². The summed E-state index contributed by atoms with van der Waals surface area (Å²) in [7, 11) is 0. The molecule has 3 N–H and O–H groups in total. The predicted octanol–water partition coefficient (Wildman–Crippen LogP) is 4.88. The van der Waals surface area contributed by atoms with Crippen LogP contribution in [-0.4, -0.2) is 43.1 Å². The molecule has 5 rings (SSSR count). The molecule has 1 aliphatic rings. The van der Waals surface area contributed by atoms with Crippen molar-refractivity contribution in [3.05, 3.63) is 114 Å². The monoisotopic (exact) mass is 525 g/mol. The average molecular weight is 526 g/mol. The molecule has 0 aliphatic carbocycles. The van der Waals surface area contributed by atoms with E-state index in [4.69, 9.17) is 12.2 Å². The van der Waals surface area contributed by atoms with Crippen LogP contribution in [0.5, 0.6) is 0 Å². The van der Waals surface area contributed by atoms with E-state index >= 15 is 0 Å². The van der Waals surface area contributed by atoms with Gasteiger partial charge in [-0.15, -0.1) is 0 Å². The van der Waals surface area contributed by atoms with Gasteiger partial charge in [-0.3, -0.25) is 9.78 Å². The summed E-state index contributed by atoms with van der Waals surface area (Å²) in [6, 6.07) is 23.6. The zero-order chi connectivity index (χ0) is 26.6. The lowest BCUT2D eigenvalue weighted by Gasteiger charge is -2.29. The molecule has 0 spiro atoms. The molecular formula is C29H27N5O3S. The van der Waals surface area contributed by atoms with Gasteiger partial charge in [-0.1, -0.05) is 23.8 Å². The van der Waals surface area contributed by atoms with Crippen molar-refractivity contribution in [1.82, 2.24) is 19.8 Å². The van der Waals surface area contributed by atoms with Crippen LogP contribution in [0.1, 0.15) is 45.8 Å². The molecule has 192 valence electrons. The third-order valence-electron chi connectivity index (χ3n) is 6.59. The molecule has 2 aromatic carbocycles. The largest absolute Gasteiger partial charge is 0.478 e. The number of carbonyl (C=O) groups excluding carboxylic acids is 1. The molecule has 4 aromatic rings. The summed E-state index contributed by atoms with van der Waals surface area (Å²) in [6.45, 7) is 2.40. The van der Waals surface area contributed by atoms with Crippen molar-refractivity contribution in [2.75, 3.05) is 11.9 Å². The van der Waals surface area contributed by atoms with Gasteiger partial charge in [0, 0.05) is 42.4 Å². The van der Waals surface area contributed by atoms with Gasteiger partial charge in [-0.2, -0.15) is 0 Å². The van der Waals surface area contributed by atoms with Crippen LogP contribution < -0.4 is 10.6 Å². The number of nitrogens with zero attached hydrogens (tertiary/aromatic N) is 3. The maximum Gasteiger partial charge on any atom is 0.335 e. The van der Waals surface area contributed by atoms with Crippen LogP contribution in [0.2, 0.25) is 0 Å². The Morgan fingerprint density at radius 3 is 2.47 bits per heavy atom. The molecule has 2 aromatic heterocycles. The first-order valence-corrected chi connectivity index (χ1v) is 12.7. The van der Waals surface area contributed by atoms with Crippen LogP contribution in [0.25, 0.3) is 5.69 Å². The third-order valence-corrected chi connectivity index (χ3v) is 6.94. The molecule has 0 radical (unpaired) electrons. The maximum absolute atomic E-state index is 12.8. The number of rotatable bonds is 8. The molecule has 0 saturated carbocycles. The third kappa shape index (κ3) is 5.28. The normalized spacial score (nSPS) is 16.8. The van der Waals surface area contributed by atoms with Gasteiger partial charge in [0.2, 0.25) is 5.91 Å². The molecular weight excluding hydrogens is 498 g/mol. The van der Waals surface area contributed by atoms with E-state index in [1.54, 1.807) is 30.5 Å². The quantitative estimate of drug-likeness (QED) is 0.282. The molecule has 3 heterocycles. The summed E-state index contributed by atoms with van der Waals surface area (Å²) >= 11 is 5.75. The lowest BCUT2D eigenvalue weighted by Crippen LogP contribution is -2.33. The minimum atomic E-state index is -0.972. The fourth-order valence-electron chi connectivity index (χ4n) is 4.69. The van der Waals surface area contributed by atoms with Crippen molar-refractivity contribution >= 4 is 34.9 Å². The average Bonchev–Trinajstić information content (AvgIpc) is 3.53. The Bertz CT molecular complexity index is 1450. The Balaban J connectivity index is 1.43. The van der Waals surface area contributed by atoms with Crippen LogP contribution in [0.3, 0.4) is 0 Å². The smallest absolute Gasteiger partial charge is 0.335 e. The van der Waals surface area contributed by atoms with E-state index in [2.05, 4.69) is 15.6 Å². The highest BCUT2D eigenvalue weighted by Gasteiger charge is 2.41. The van der Waals surface area contributed by atoms with E-state index in [1.165, 1.54) is 0 Å². The number of carbonyl (C=O) groups is 2. The first kappa shape index (κ1) is 25.2. The lowest BCUT2D eigenvalue weighted by atomic mass is 10.0. The molecule has 2 atom stereocenters. The van der Waals surface area contributed by atoms with Crippen molar-refractivity contribution in [3.8, 4) is 5.69 Å². The molecule has 8 nitrogen and oxygen atoms in total. The van der Waals surface area contributed by atoms with Crippen molar-refractivity contribution < 1.29 is 14.7 Å². The number of carboxylic acid groups (broad SMARTS) is 1. The van der Waals surface area contributed by atoms with E-state index in [1.807, 2.05) is 77.2 Å². The second-order valence-electron chi connectivity index (χ2n) is 9.14. The van der Waals surface area contributed by atoms with Crippen LogP contribution in [0, 0.1) is 6.92 Å². The van der Waals surface area contributed by atoms with Crippen molar-refractivity contribution in [2.45, 2.75) is 25.4 Å². The van der Waals surface area contributed by atoms with Gasteiger partial charge in [0.05, 0.1) is 23.3 Å². The number of nitrogens with one attached hydrogen (secondary N) is 2. The minimum Gasteiger partial charge on any atom is -0.478 e. The molecule has 1 fully saturated rings. The Labute approximate surface area is 225 Å². The van der Waals surface area contributed by atoms with Gasteiger partial charge in [-0.25, -0.2) is 4.79 Å². The first-order valence-electron chi connectivity index (χ1n) is 12.3. The second kappa shape index (κ2) is 10.9. The van der Waals surface area contributed by atoms with E-state index in [0.717, 1.165) is 28.3 Å². The zero-order valence-corrected chi connectivity index (χ0v) is 21.6. The number of benzene rings is 2. The van der Waals surface area contributed by atoms with E-state index in [9.17, 15) is 14.7 Å². The number of aromatic carboxylic acids is 1. The van der Waals surface area contributed by atoms with Crippen molar-refractivity contribution in [2.24, 2.45) is 0 Å². The van der Waals surface area contributed by atoms with Crippen LogP contribution in [0.4, 0.5) is 5.69 Å². The fourth-order valence-corrected chi connectivity index (χ4v) is 5.02. The van der Waals surface area contributed by atoms with Crippen LogP contribution in [-0.2, 0) is 4.79 Å². The number of aryl methyl sites for hydroxylation is 1. The number of anilines is 1. The van der Waals surface area contributed by atoms with E-state index in [0.29, 0.717) is 11.7 Å². The highest BCUT2D eigenvalue weighted by Crippen LogP contribution is 2.39. The number of carboxylic acids is 1. The summed E-state index contributed by atoms with van der Waals surface area (Å²) in [5.74, 6) is -1.07. The van der Waals surface area contributed by atoms with Crippen LogP contribution >= 0.6 is 12.2 Å². The summed E-state index contributed by atoms with van der Waals surface area (Å²) in [4.78, 5) is 30.8. The van der Waals surface area contributed by atoms with E-state index < -0.39 is 5.97 Å². The minimum absolute atomic E-state index is 0.101. The number of aromatic nitrogens is 2. The van der Waals surface area contributed by atoms with Gasteiger partial charge in [0.25, 0.3) is 0 Å². The SMILES string of the molecule is Cc1ccc(NC(=O)CCN2C(=S)NC(c3ccccn3)C2c2cccn2-c2ccc(C(=O)O)cc2)cc1. The maximum atomic E-state index is 12.8. The second-order valence-corrected chi connectivity index (χ2v) is 9.53. The molecule has 0 bridgehead atoms. The summed E-state index contributed by atoms with van der Waals surface area (Å²) in [6.07, 6.45) is 3.93. The number of hydrogen-bond acceptors (Lipinski definition) is 4. The Hall–Kier alpha value is -4.50. The van der Waals surface area contributed by atoms with Gasteiger partial charge >= 0.3 is 5.97 Å². The van der Waals surface area contributed by atoms with Crippen molar-refractivity contribution in [3.63, 3.8) is 0 Å². The molecule has 9 heteroatoms. The standard InChI is InChI=1S/C29H27N5O3S/c1-19-7-11-21(12-8-19)31-25(35)15-18-34-27(26(32-29(34)38)23-5-2-3-16-30-23)24-6-4-17-33(24)22-13-9-20(10-14-22)28(36)37/h2-14,16-17,26-27H,15,18H2,1H3,(H,31,35)(H,32,38)(H,36,37). The summed E-state index contributed by atoms with van der Waals surface area (Å²) in [5.41, 5.74) is 4.70. The fraction of sp³-hybridized carbons (Fsp3) is 0.172. The lowest BCUT2D eigenvalue weighted by molar-refractivity contribution is -0.116. The molecule has 1 saturated heterocycles. The zero-order valence-electron chi connectivity index (χ0n) is 20.7. The highest BCUT2D eigenvalue weighted by atomic mass is 32.1. The predicted molar refractivity (Wildman–Crippen MR) is 149 cm³/mol. The Morgan fingerprint density at radius 1 is 1.03 bits per heavy atom. The van der Waals surface area contributed by atoms with Gasteiger partial charge in [0.15, 0.2) is 5.11 Å². The van der Waals surface area contributed by atoms with Crippen molar-refractivity contribution in [1.29, 1.82) is 0 Å². The number of thiocarbonyl (C=S) groups is 1. The molecule has 38 heavy (non-hydrogen) atoms. The molecule has 1 amide bonds. The molecule has 1 aliphatic heterocycles. The number of hydrogen-bond donors (Lipinski definition) is 3. The van der Waals surface area contributed by atoms with Crippen LogP contribution in [0.15, 0.2) is 91.3 Å². The number of amides is 1. The van der Waals surface area contributed by atoms with E-state index in [-0.39, 0.29) is 30.0 Å². The summed E-state index contributed by atoms with van der Waals surface area (Å²) in [5, 5.41) is 16.2. The molecule has 2 unspecified atom stereocenters.